The summed E-state index contributed by atoms with van der Waals surface area (Å²) in [6, 6.07) is 0. The van der Waals surface area contributed by atoms with Crippen LogP contribution in [-0.2, 0) is 0 Å². The van der Waals surface area contributed by atoms with Crippen LogP contribution in [0.2, 0.25) is 0 Å². The molecule has 0 N–H and O–H groups in total. The van der Waals surface area contributed by atoms with Gasteiger partial charge in [-0.05, 0) is 31.1 Å². The number of hydrogen-bond donors (Lipinski definition) is 0. The zero-order valence-corrected chi connectivity index (χ0v) is 7.59. The average Bonchev–Trinajstić information content (AvgIpc) is 2.55. The van der Waals surface area contributed by atoms with E-state index in [1.807, 2.05) is 13.8 Å². The average molecular weight is 150 g/mol. The van der Waals surface area contributed by atoms with Crippen molar-refractivity contribution in [2.24, 2.45) is 11.8 Å². The van der Waals surface area contributed by atoms with Crippen LogP contribution in [0.25, 0.3) is 0 Å². The van der Waals surface area contributed by atoms with E-state index in [0.717, 1.165) is 11.8 Å². The van der Waals surface area contributed by atoms with Crippen LogP contribution in [-0.4, -0.2) is 0 Å². The third-order valence-electron chi connectivity index (χ3n) is 2.44. The van der Waals surface area contributed by atoms with Crippen LogP contribution in [0.3, 0.4) is 0 Å². The first kappa shape index (κ1) is 8.58. The lowest BCUT2D eigenvalue weighted by molar-refractivity contribution is 0.415. The van der Waals surface area contributed by atoms with Crippen LogP contribution in [0, 0.1) is 11.8 Å². The van der Waals surface area contributed by atoms with Gasteiger partial charge in [0.05, 0.1) is 0 Å². The zero-order valence-electron chi connectivity index (χ0n) is 7.59. The van der Waals surface area contributed by atoms with Crippen LogP contribution < -0.4 is 0 Å². The summed E-state index contributed by atoms with van der Waals surface area (Å²) in [6.45, 7) is 4.00. The fourth-order valence-electron chi connectivity index (χ4n) is 1.83. The van der Waals surface area contributed by atoms with Gasteiger partial charge in [-0.25, -0.2) is 0 Å². The largest absolute Gasteiger partial charge is 0.0882 e. The van der Waals surface area contributed by atoms with E-state index in [1.54, 1.807) is 0 Å². The molecule has 0 saturated heterocycles. The summed E-state index contributed by atoms with van der Waals surface area (Å²) in [4.78, 5) is 0. The van der Waals surface area contributed by atoms with E-state index in [9.17, 15) is 0 Å². The topological polar surface area (TPSA) is 0 Å². The SMILES string of the molecule is C1=CCC2CC=CC2C1.CC. The van der Waals surface area contributed by atoms with E-state index in [-0.39, 0.29) is 0 Å². The molecule has 0 heteroatoms. The van der Waals surface area contributed by atoms with Gasteiger partial charge in [0.2, 0.25) is 0 Å². The molecule has 0 aromatic carbocycles. The first-order valence-electron chi connectivity index (χ1n) is 4.78. The van der Waals surface area contributed by atoms with Gasteiger partial charge in [-0.3, -0.25) is 0 Å². The van der Waals surface area contributed by atoms with Gasteiger partial charge in [0.25, 0.3) is 0 Å². The molecule has 0 saturated carbocycles. The number of hydrogen-bond acceptors (Lipinski definition) is 0. The van der Waals surface area contributed by atoms with Crippen molar-refractivity contribution in [3.8, 4) is 0 Å². The van der Waals surface area contributed by atoms with E-state index in [2.05, 4.69) is 24.3 Å². The van der Waals surface area contributed by atoms with E-state index in [0.29, 0.717) is 0 Å². The highest BCUT2D eigenvalue weighted by atomic mass is 14.3. The second-order valence-electron chi connectivity index (χ2n) is 3.03. The van der Waals surface area contributed by atoms with Gasteiger partial charge < -0.3 is 0 Å². The molecule has 2 atom stereocenters. The third kappa shape index (κ3) is 1.95. The first-order chi connectivity index (χ1) is 5.47. The highest BCUT2D eigenvalue weighted by Crippen LogP contribution is 2.33. The Balaban J connectivity index is 0.000000281. The minimum absolute atomic E-state index is 0.898. The summed E-state index contributed by atoms with van der Waals surface area (Å²) in [7, 11) is 0. The minimum Gasteiger partial charge on any atom is -0.0882 e. The van der Waals surface area contributed by atoms with Gasteiger partial charge in [0.1, 0.15) is 0 Å². The van der Waals surface area contributed by atoms with Crippen LogP contribution in [0.1, 0.15) is 33.1 Å². The predicted octanol–water partition coefficient (Wildman–Crippen LogP) is 3.55. The van der Waals surface area contributed by atoms with Crippen molar-refractivity contribution >= 4 is 0 Å². The molecule has 62 valence electrons. The summed E-state index contributed by atoms with van der Waals surface area (Å²) in [5, 5.41) is 0. The molecule has 11 heavy (non-hydrogen) atoms. The molecule has 0 spiro atoms. The molecule has 0 nitrogen and oxygen atoms in total. The second kappa shape index (κ2) is 4.38. The number of rotatable bonds is 0. The predicted molar refractivity (Wildman–Crippen MR) is 50.5 cm³/mol. The molecule has 0 fully saturated rings. The second-order valence-corrected chi connectivity index (χ2v) is 3.03. The smallest absolute Gasteiger partial charge is 0.0165 e. The quantitative estimate of drug-likeness (QED) is 0.463. The van der Waals surface area contributed by atoms with Gasteiger partial charge in [-0.1, -0.05) is 38.2 Å². The van der Waals surface area contributed by atoms with Crippen LogP contribution in [0.4, 0.5) is 0 Å². The Kier molecular flexibility index (Phi) is 3.41. The Morgan fingerprint density at radius 1 is 0.909 bits per heavy atom. The van der Waals surface area contributed by atoms with Gasteiger partial charge >= 0.3 is 0 Å². The Hall–Kier alpha value is -0.520. The maximum absolute atomic E-state index is 2.38. The molecule has 0 radical (unpaired) electrons. The van der Waals surface area contributed by atoms with Crippen molar-refractivity contribution in [2.75, 3.05) is 0 Å². The van der Waals surface area contributed by atoms with Gasteiger partial charge in [0.15, 0.2) is 0 Å². The number of allylic oxidation sites excluding steroid dienone is 4. The molecule has 0 aromatic heterocycles. The van der Waals surface area contributed by atoms with Crippen LogP contribution >= 0.6 is 0 Å². The third-order valence-corrected chi connectivity index (χ3v) is 2.44. The number of fused-ring (bicyclic) bond motifs is 1. The van der Waals surface area contributed by atoms with Crippen LogP contribution in [0.5, 0.6) is 0 Å². The fraction of sp³-hybridized carbons (Fsp3) is 0.636. The summed E-state index contributed by atoms with van der Waals surface area (Å²) in [5.41, 5.74) is 0. The zero-order chi connectivity index (χ0) is 8.10. The van der Waals surface area contributed by atoms with E-state index in [1.165, 1.54) is 19.3 Å². The lowest BCUT2D eigenvalue weighted by atomic mass is 9.86. The van der Waals surface area contributed by atoms with E-state index < -0.39 is 0 Å². The van der Waals surface area contributed by atoms with Gasteiger partial charge in [-0.2, -0.15) is 0 Å². The van der Waals surface area contributed by atoms with Crippen molar-refractivity contribution in [1.29, 1.82) is 0 Å². The molecular weight excluding hydrogens is 132 g/mol. The van der Waals surface area contributed by atoms with Crippen molar-refractivity contribution < 1.29 is 0 Å². The highest BCUT2D eigenvalue weighted by molar-refractivity contribution is 5.08. The molecule has 0 heterocycles. The molecule has 2 aliphatic carbocycles. The van der Waals surface area contributed by atoms with Crippen molar-refractivity contribution in [2.45, 2.75) is 33.1 Å². The van der Waals surface area contributed by atoms with Gasteiger partial charge in [-0.15, -0.1) is 0 Å². The Morgan fingerprint density at radius 3 is 2.27 bits per heavy atom. The lowest BCUT2D eigenvalue weighted by Crippen LogP contribution is -2.09. The standard InChI is InChI=1S/C9H12.C2H6/c1-2-5-9-7-3-6-8(9)4-1;1-2/h1-3,6,8-9H,4-5,7H2;1-2H3. The molecular formula is C11H18. The Bertz CT molecular complexity index is 153. The molecule has 0 bridgehead atoms. The fourth-order valence-corrected chi connectivity index (χ4v) is 1.83. The summed E-state index contributed by atoms with van der Waals surface area (Å²) in [6.07, 6.45) is 13.3. The van der Waals surface area contributed by atoms with Crippen LogP contribution in [0.15, 0.2) is 24.3 Å². The molecule has 0 aliphatic heterocycles. The molecule has 2 aliphatic rings. The Morgan fingerprint density at radius 2 is 1.55 bits per heavy atom. The summed E-state index contributed by atoms with van der Waals surface area (Å²) in [5.74, 6) is 1.87. The maximum Gasteiger partial charge on any atom is -0.0165 e. The normalized spacial score (nSPS) is 32.5. The maximum atomic E-state index is 2.38. The monoisotopic (exact) mass is 150 g/mol. The van der Waals surface area contributed by atoms with Crippen molar-refractivity contribution in [3.05, 3.63) is 24.3 Å². The van der Waals surface area contributed by atoms with Gasteiger partial charge in [0, 0.05) is 0 Å². The summed E-state index contributed by atoms with van der Waals surface area (Å²) >= 11 is 0. The van der Waals surface area contributed by atoms with E-state index >= 15 is 0 Å². The lowest BCUT2D eigenvalue weighted by Gasteiger charge is -2.19. The summed E-state index contributed by atoms with van der Waals surface area (Å²) < 4.78 is 0. The molecule has 0 aromatic rings. The van der Waals surface area contributed by atoms with Crippen molar-refractivity contribution in [3.63, 3.8) is 0 Å². The first-order valence-corrected chi connectivity index (χ1v) is 4.78. The molecule has 0 amide bonds. The van der Waals surface area contributed by atoms with E-state index in [4.69, 9.17) is 0 Å². The Labute approximate surface area is 70.0 Å². The molecule has 2 rings (SSSR count). The van der Waals surface area contributed by atoms with Crippen molar-refractivity contribution in [1.82, 2.24) is 0 Å². The minimum atomic E-state index is 0.898. The highest BCUT2D eigenvalue weighted by Gasteiger charge is 2.22. The molecule has 2 unspecified atom stereocenters.